The number of aromatic nitrogens is 5. The number of hydrogen-bond donors (Lipinski definition) is 2. The van der Waals surface area contributed by atoms with Crippen molar-refractivity contribution in [1.29, 1.82) is 5.26 Å². The molecular formula is C10H13N9. The monoisotopic (exact) mass is 259 g/mol. The summed E-state index contributed by atoms with van der Waals surface area (Å²) in [5.74, 6) is 6.35. The van der Waals surface area contributed by atoms with Gasteiger partial charge in [-0.3, -0.25) is 5.43 Å². The smallest absolute Gasteiger partial charge is 0.257 e. The van der Waals surface area contributed by atoms with E-state index >= 15 is 0 Å². The molecule has 9 nitrogen and oxygen atoms in total. The Morgan fingerprint density at radius 1 is 1.47 bits per heavy atom. The predicted octanol–water partition coefficient (Wildman–Crippen LogP) is -0.307. The average Bonchev–Trinajstić information content (AvgIpc) is 2.98. The molecule has 98 valence electrons. The van der Waals surface area contributed by atoms with Gasteiger partial charge in [0.2, 0.25) is 11.9 Å². The second-order valence-electron chi connectivity index (χ2n) is 3.68. The number of nitrogens with two attached hydrogens (primary N) is 1. The third-order valence-corrected chi connectivity index (χ3v) is 2.35. The van der Waals surface area contributed by atoms with Crippen LogP contribution >= 0.6 is 0 Å². The number of anilines is 2. The first-order chi connectivity index (χ1) is 9.24. The highest BCUT2D eigenvalue weighted by Gasteiger charge is 2.11. The van der Waals surface area contributed by atoms with Crippen LogP contribution in [0.25, 0.3) is 5.95 Å². The molecule has 0 saturated heterocycles. The topological polar surface area (TPSA) is 122 Å². The maximum Gasteiger partial charge on any atom is 0.257 e. The molecule has 0 fully saturated rings. The Balaban J connectivity index is 2.34. The van der Waals surface area contributed by atoms with Crippen molar-refractivity contribution in [3.05, 3.63) is 18.5 Å². The molecule has 0 aliphatic heterocycles. The minimum Gasteiger partial charge on any atom is -0.343 e. The largest absolute Gasteiger partial charge is 0.343 e. The Kier molecular flexibility index (Phi) is 3.84. The first kappa shape index (κ1) is 12.7. The van der Waals surface area contributed by atoms with Crippen LogP contribution in [0.3, 0.4) is 0 Å². The van der Waals surface area contributed by atoms with Crippen molar-refractivity contribution >= 4 is 11.9 Å². The summed E-state index contributed by atoms with van der Waals surface area (Å²) in [6.45, 7) is 0.517. The van der Waals surface area contributed by atoms with E-state index in [4.69, 9.17) is 11.1 Å². The second-order valence-corrected chi connectivity index (χ2v) is 3.68. The minimum atomic E-state index is 0.235. The Labute approximate surface area is 109 Å². The number of nitrogens with one attached hydrogen (secondary N) is 1. The van der Waals surface area contributed by atoms with Crippen molar-refractivity contribution in [1.82, 2.24) is 24.7 Å². The average molecular weight is 259 g/mol. The first-order valence-electron chi connectivity index (χ1n) is 5.55. The summed E-state index contributed by atoms with van der Waals surface area (Å²) in [6.07, 6.45) is 3.72. The van der Waals surface area contributed by atoms with E-state index in [9.17, 15) is 0 Å². The van der Waals surface area contributed by atoms with Crippen molar-refractivity contribution in [3.8, 4) is 12.0 Å². The maximum atomic E-state index is 8.59. The summed E-state index contributed by atoms with van der Waals surface area (Å²) in [7, 11) is 1.79. The fourth-order valence-corrected chi connectivity index (χ4v) is 1.40. The Hall–Kier alpha value is -2.73. The van der Waals surface area contributed by atoms with Gasteiger partial charge in [0.25, 0.3) is 5.95 Å². The molecule has 0 radical (unpaired) electrons. The molecule has 2 aromatic heterocycles. The van der Waals surface area contributed by atoms with Crippen molar-refractivity contribution in [2.45, 2.75) is 6.42 Å². The molecule has 0 aromatic carbocycles. The van der Waals surface area contributed by atoms with Crippen LogP contribution in [-0.4, -0.2) is 38.3 Å². The van der Waals surface area contributed by atoms with Gasteiger partial charge < -0.3 is 4.90 Å². The fraction of sp³-hybridized carbons (Fsp3) is 0.300. The molecule has 0 atom stereocenters. The standard InChI is InChI=1S/C10H13N9/c1-18(6-2-4-11)9-14-8(17-12)15-10(16-9)19-7-3-5-13-19/h3,5,7H,2,6,12H2,1H3,(H,14,15,16,17). The summed E-state index contributed by atoms with van der Waals surface area (Å²) in [4.78, 5) is 14.3. The van der Waals surface area contributed by atoms with Crippen LogP contribution in [0.5, 0.6) is 0 Å². The van der Waals surface area contributed by atoms with Gasteiger partial charge in [0.05, 0.1) is 12.5 Å². The molecular weight excluding hydrogens is 246 g/mol. The van der Waals surface area contributed by atoms with E-state index in [1.54, 1.807) is 30.4 Å². The number of nitrogen functional groups attached to an aromatic ring is 1. The Morgan fingerprint density at radius 3 is 2.95 bits per heavy atom. The van der Waals surface area contributed by atoms with E-state index in [-0.39, 0.29) is 5.95 Å². The Morgan fingerprint density at radius 2 is 2.32 bits per heavy atom. The van der Waals surface area contributed by atoms with Crippen molar-refractivity contribution < 1.29 is 0 Å². The molecule has 2 aromatic rings. The van der Waals surface area contributed by atoms with Crippen LogP contribution in [0, 0.1) is 11.3 Å². The molecule has 9 heteroatoms. The van der Waals surface area contributed by atoms with E-state index in [2.05, 4.69) is 31.5 Å². The van der Waals surface area contributed by atoms with Gasteiger partial charge in [-0.2, -0.15) is 25.3 Å². The molecule has 3 N–H and O–H groups in total. The highest BCUT2D eigenvalue weighted by molar-refractivity contribution is 5.38. The highest BCUT2D eigenvalue weighted by Crippen LogP contribution is 2.11. The molecule has 0 spiro atoms. The Bertz CT molecular complexity index is 571. The zero-order valence-electron chi connectivity index (χ0n) is 10.4. The van der Waals surface area contributed by atoms with Gasteiger partial charge in [0.1, 0.15) is 0 Å². The molecule has 19 heavy (non-hydrogen) atoms. The van der Waals surface area contributed by atoms with Gasteiger partial charge in [-0.25, -0.2) is 10.5 Å². The second kappa shape index (κ2) is 5.74. The first-order valence-corrected chi connectivity index (χ1v) is 5.55. The van der Waals surface area contributed by atoms with Gasteiger partial charge in [-0.15, -0.1) is 0 Å². The van der Waals surface area contributed by atoms with Gasteiger partial charge in [-0.05, 0) is 6.07 Å². The quantitative estimate of drug-likeness (QED) is 0.554. The summed E-state index contributed by atoms with van der Waals surface area (Å²) in [6, 6.07) is 3.83. The molecule has 0 bridgehead atoms. The van der Waals surface area contributed by atoms with Crippen molar-refractivity contribution in [2.75, 3.05) is 23.9 Å². The maximum absolute atomic E-state index is 8.59. The third kappa shape index (κ3) is 2.93. The van der Waals surface area contributed by atoms with Crippen LogP contribution in [0.2, 0.25) is 0 Å². The van der Waals surface area contributed by atoms with Gasteiger partial charge in [-0.1, -0.05) is 0 Å². The summed E-state index contributed by atoms with van der Waals surface area (Å²) in [5, 5.41) is 12.6. The van der Waals surface area contributed by atoms with Crippen LogP contribution in [-0.2, 0) is 0 Å². The molecule has 2 heterocycles. The van der Waals surface area contributed by atoms with E-state index in [1.165, 1.54) is 4.68 Å². The number of hydrogen-bond acceptors (Lipinski definition) is 8. The van der Waals surface area contributed by atoms with Gasteiger partial charge in [0, 0.05) is 26.0 Å². The summed E-state index contributed by atoms with van der Waals surface area (Å²) < 4.78 is 1.50. The third-order valence-electron chi connectivity index (χ3n) is 2.35. The molecule has 0 saturated carbocycles. The fourth-order valence-electron chi connectivity index (χ4n) is 1.40. The molecule has 0 unspecified atom stereocenters. The lowest BCUT2D eigenvalue weighted by Crippen LogP contribution is -2.23. The zero-order chi connectivity index (χ0) is 13.7. The van der Waals surface area contributed by atoms with E-state index in [0.29, 0.717) is 24.9 Å². The number of nitrogens with zero attached hydrogens (tertiary/aromatic N) is 7. The van der Waals surface area contributed by atoms with Crippen LogP contribution in [0.4, 0.5) is 11.9 Å². The molecule has 2 rings (SSSR count). The number of hydrazine groups is 1. The van der Waals surface area contributed by atoms with E-state index < -0.39 is 0 Å². The number of rotatable bonds is 5. The number of nitriles is 1. The van der Waals surface area contributed by atoms with Crippen LogP contribution < -0.4 is 16.2 Å². The van der Waals surface area contributed by atoms with Crippen molar-refractivity contribution in [2.24, 2.45) is 5.84 Å². The summed E-state index contributed by atoms with van der Waals surface area (Å²) in [5.41, 5.74) is 2.39. The van der Waals surface area contributed by atoms with Crippen LogP contribution in [0.15, 0.2) is 18.5 Å². The lowest BCUT2D eigenvalue weighted by atomic mass is 10.4. The SMILES string of the molecule is CN(CCC#N)c1nc(NN)nc(-n2cccn2)n1. The zero-order valence-corrected chi connectivity index (χ0v) is 10.4. The van der Waals surface area contributed by atoms with Gasteiger partial charge >= 0.3 is 0 Å². The minimum absolute atomic E-state index is 0.235. The van der Waals surface area contributed by atoms with E-state index in [0.717, 1.165) is 0 Å². The van der Waals surface area contributed by atoms with Crippen molar-refractivity contribution in [3.63, 3.8) is 0 Å². The molecule has 0 aliphatic carbocycles. The lowest BCUT2D eigenvalue weighted by molar-refractivity contribution is 0.774. The van der Waals surface area contributed by atoms with Gasteiger partial charge in [0.15, 0.2) is 0 Å². The van der Waals surface area contributed by atoms with Crippen LogP contribution in [0.1, 0.15) is 6.42 Å². The normalized spacial score (nSPS) is 9.95. The van der Waals surface area contributed by atoms with E-state index in [1.807, 2.05) is 0 Å². The molecule has 0 aliphatic rings. The lowest BCUT2D eigenvalue weighted by Gasteiger charge is -2.16. The molecule has 0 amide bonds. The predicted molar refractivity (Wildman–Crippen MR) is 68.3 cm³/mol. The summed E-state index contributed by atoms with van der Waals surface area (Å²) >= 11 is 0. The highest BCUT2D eigenvalue weighted by atomic mass is 15.4.